The van der Waals surface area contributed by atoms with Crippen LogP contribution in [0.5, 0.6) is 0 Å². The number of hydrogen-bond donors (Lipinski definition) is 4. The van der Waals surface area contributed by atoms with Crippen LogP contribution in [0.3, 0.4) is 0 Å². The van der Waals surface area contributed by atoms with Gasteiger partial charge in [0, 0.05) is 6.42 Å². The van der Waals surface area contributed by atoms with Crippen molar-refractivity contribution in [3.63, 3.8) is 0 Å². The number of nitrogen functional groups attached to an aromatic ring is 1. The number of imidazole rings is 1. The maximum Gasteiger partial charge on any atom is 0.325 e. The van der Waals surface area contributed by atoms with E-state index in [0.29, 0.717) is 11.2 Å². The number of aromatic nitrogens is 4. The van der Waals surface area contributed by atoms with Gasteiger partial charge in [-0.25, -0.2) is 15.0 Å². The number of rotatable bonds is 4. The van der Waals surface area contributed by atoms with Crippen LogP contribution in [-0.2, 0) is 9.30 Å². The molecule has 11 heteroatoms. The minimum Gasteiger partial charge on any atom is -0.390 e. The highest BCUT2D eigenvalue weighted by molar-refractivity contribution is 7.51. The molecule has 3 heterocycles. The Morgan fingerprint density at radius 3 is 2.91 bits per heavy atom. The molecule has 3 rings (SSSR count). The Morgan fingerprint density at radius 1 is 1.41 bits per heavy atom. The molecule has 3 atom stereocenters. The smallest absolute Gasteiger partial charge is 0.325 e. The first-order valence-electron chi connectivity index (χ1n) is 6.66. The van der Waals surface area contributed by atoms with Crippen molar-refractivity contribution >= 4 is 24.6 Å². The maximum atomic E-state index is 10.9. The number of hydrogen-bond acceptors (Lipinski definition) is 7. The van der Waals surface area contributed by atoms with Gasteiger partial charge in [-0.2, -0.15) is 0 Å². The lowest BCUT2D eigenvalue weighted by molar-refractivity contribution is -0.0183. The van der Waals surface area contributed by atoms with Gasteiger partial charge in [-0.05, 0) is 6.42 Å². The number of aliphatic hydroxyl groups is 1. The summed E-state index contributed by atoms with van der Waals surface area (Å²) < 4.78 is 18.3. The molecule has 10 nitrogen and oxygen atoms in total. The first-order chi connectivity index (χ1) is 10.3. The molecule has 0 saturated carbocycles. The van der Waals surface area contributed by atoms with Crippen LogP contribution in [-0.4, -0.2) is 52.8 Å². The third-order valence-electron chi connectivity index (χ3n) is 3.61. The zero-order chi connectivity index (χ0) is 15.9. The Hall–Kier alpha value is -1.58. The molecule has 22 heavy (non-hydrogen) atoms. The Balaban J connectivity index is 1.78. The first-order valence-corrected chi connectivity index (χ1v) is 8.46. The van der Waals surface area contributed by atoms with Crippen molar-refractivity contribution in [2.75, 3.05) is 11.9 Å². The summed E-state index contributed by atoms with van der Waals surface area (Å²) in [5.74, 6) is 0.250. The summed E-state index contributed by atoms with van der Waals surface area (Å²) in [6, 6.07) is 0. The molecule has 0 spiro atoms. The molecule has 1 fully saturated rings. The summed E-state index contributed by atoms with van der Waals surface area (Å²) >= 11 is 0. The average Bonchev–Trinajstić information content (AvgIpc) is 3.00. The van der Waals surface area contributed by atoms with Gasteiger partial charge in [0.05, 0.1) is 24.7 Å². The third-order valence-corrected chi connectivity index (χ3v) is 4.45. The van der Waals surface area contributed by atoms with Crippen molar-refractivity contribution in [1.29, 1.82) is 0 Å². The van der Waals surface area contributed by atoms with E-state index in [1.807, 2.05) is 0 Å². The summed E-state index contributed by atoms with van der Waals surface area (Å²) in [7, 11) is -4.12. The van der Waals surface area contributed by atoms with Crippen molar-refractivity contribution in [1.82, 2.24) is 19.5 Å². The molecular weight excluding hydrogens is 313 g/mol. The SMILES string of the molecule is Nc1ncnc2c1ncn2C1CC(O)C(CCP(=O)(O)O)O1. The van der Waals surface area contributed by atoms with Gasteiger partial charge >= 0.3 is 7.60 Å². The van der Waals surface area contributed by atoms with Crippen molar-refractivity contribution < 1.29 is 24.2 Å². The zero-order valence-electron chi connectivity index (χ0n) is 11.5. The van der Waals surface area contributed by atoms with Gasteiger partial charge in [-0.15, -0.1) is 0 Å². The second-order valence-corrected chi connectivity index (χ2v) is 6.97. The van der Waals surface area contributed by atoms with Gasteiger partial charge in [-0.1, -0.05) is 0 Å². The molecule has 1 aliphatic heterocycles. The van der Waals surface area contributed by atoms with Gasteiger partial charge in [0.25, 0.3) is 0 Å². The Kier molecular flexibility index (Phi) is 3.87. The number of nitrogens with zero attached hydrogens (tertiary/aromatic N) is 4. The quantitative estimate of drug-likeness (QED) is 0.549. The Morgan fingerprint density at radius 2 is 2.18 bits per heavy atom. The van der Waals surface area contributed by atoms with E-state index in [0.717, 1.165) is 0 Å². The molecule has 2 aromatic rings. The van der Waals surface area contributed by atoms with E-state index in [9.17, 15) is 9.67 Å². The van der Waals surface area contributed by atoms with Crippen LogP contribution in [0.25, 0.3) is 11.2 Å². The molecular formula is C11H16N5O5P. The topological polar surface area (TPSA) is 157 Å². The van der Waals surface area contributed by atoms with Crippen molar-refractivity contribution in [3.05, 3.63) is 12.7 Å². The lowest BCUT2D eigenvalue weighted by Gasteiger charge is -2.16. The van der Waals surface area contributed by atoms with Crippen molar-refractivity contribution in [2.45, 2.75) is 31.3 Å². The van der Waals surface area contributed by atoms with Crippen LogP contribution in [0, 0.1) is 0 Å². The molecule has 120 valence electrons. The zero-order valence-corrected chi connectivity index (χ0v) is 12.4. The summed E-state index contributed by atoms with van der Waals surface area (Å²) in [6.45, 7) is 0. The van der Waals surface area contributed by atoms with Crippen molar-refractivity contribution in [3.8, 4) is 0 Å². The van der Waals surface area contributed by atoms with E-state index in [1.165, 1.54) is 12.7 Å². The monoisotopic (exact) mass is 329 g/mol. The highest BCUT2D eigenvalue weighted by Gasteiger charge is 2.36. The Bertz CT molecular complexity index is 731. The number of ether oxygens (including phenoxy) is 1. The largest absolute Gasteiger partial charge is 0.390 e. The summed E-state index contributed by atoms with van der Waals surface area (Å²) in [6.07, 6.45) is 0.859. The van der Waals surface area contributed by atoms with Crippen molar-refractivity contribution in [2.24, 2.45) is 0 Å². The molecule has 3 unspecified atom stereocenters. The fraction of sp³-hybridized carbons (Fsp3) is 0.545. The highest BCUT2D eigenvalue weighted by atomic mass is 31.2. The van der Waals surface area contributed by atoms with E-state index in [2.05, 4.69) is 15.0 Å². The van der Waals surface area contributed by atoms with Gasteiger partial charge < -0.3 is 25.4 Å². The number of aliphatic hydroxyl groups excluding tert-OH is 1. The molecule has 0 amide bonds. The van der Waals surface area contributed by atoms with Gasteiger partial charge in [-0.3, -0.25) is 9.13 Å². The minimum atomic E-state index is -4.12. The lowest BCUT2D eigenvalue weighted by Crippen LogP contribution is -2.21. The molecule has 1 saturated heterocycles. The van der Waals surface area contributed by atoms with E-state index in [4.69, 9.17) is 20.3 Å². The predicted molar refractivity (Wildman–Crippen MR) is 75.8 cm³/mol. The van der Waals surface area contributed by atoms with Gasteiger partial charge in [0.1, 0.15) is 18.1 Å². The van der Waals surface area contributed by atoms with E-state index in [1.54, 1.807) is 4.57 Å². The first kappa shape index (κ1) is 15.3. The standard InChI is InChI=1S/C11H16N5O5P/c12-10-9-11(14-4-13-10)16(5-15-9)8-3-6(17)7(21-8)1-2-22(18,19)20/h4-8,17H,1-3H2,(H2,12,13,14)(H2,18,19,20). The van der Waals surface area contributed by atoms with E-state index in [-0.39, 0.29) is 24.8 Å². The number of fused-ring (bicyclic) bond motifs is 1. The molecule has 5 N–H and O–H groups in total. The fourth-order valence-corrected chi connectivity index (χ4v) is 3.11. The van der Waals surface area contributed by atoms with Crippen LogP contribution in [0.15, 0.2) is 12.7 Å². The molecule has 0 aliphatic carbocycles. The van der Waals surface area contributed by atoms with Gasteiger partial charge in [0.2, 0.25) is 0 Å². The lowest BCUT2D eigenvalue weighted by atomic mass is 10.1. The normalized spacial score (nSPS) is 25.9. The Labute approximate surface area is 125 Å². The van der Waals surface area contributed by atoms with Gasteiger partial charge in [0.15, 0.2) is 11.5 Å². The molecule has 1 aliphatic rings. The highest BCUT2D eigenvalue weighted by Crippen LogP contribution is 2.39. The molecule has 0 bridgehead atoms. The maximum absolute atomic E-state index is 10.9. The van der Waals surface area contributed by atoms with Crippen LogP contribution in [0.2, 0.25) is 0 Å². The second kappa shape index (κ2) is 5.56. The number of anilines is 1. The van der Waals surface area contributed by atoms with Crippen LogP contribution in [0.1, 0.15) is 19.1 Å². The summed E-state index contributed by atoms with van der Waals surface area (Å²) in [5, 5.41) is 10.0. The predicted octanol–water partition coefficient (Wildman–Crippen LogP) is -0.375. The van der Waals surface area contributed by atoms with E-state index >= 15 is 0 Å². The third kappa shape index (κ3) is 2.96. The summed E-state index contributed by atoms with van der Waals surface area (Å²) in [5.41, 5.74) is 6.64. The average molecular weight is 329 g/mol. The summed E-state index contributed by atoms with van der Waals surface area (Å²) in [4.78, 5) is 29.9. The van der Waals surface area contributed by atoms with Crippen LogP contribution >= 0.6 is 7.60 Å². The van der Waals surface area contributed by atoms with Crippen LogP contribution < -0.4 is 5.73 Å². The minimum absolute atomic E-state index is 0.0751. The molecule has 0 aromatic carbocycles. The molecule has 0 radical (unpaired) electrons. The molecule has 2 aromatic heterocycles. The van der Waals surface area contributed by atoms with Crippen LogP contribution in [0.4, 0.5) is 5.82 Å². The number of nitrogens with two attached hydrogens (primary N) is 1. The van der Waals surface area contributed by atoms with E-state index < -0.39 is 26.0 Å². The fourth-order valence-electron chi connectivity index (χ4n) is 2.52. The second-order valence-electron chi connectivity index (χ2n) is 5.19.